The molecule has 0 aromatic heterocycles. The molecule has 0 heterocycles. The minimum absolute atomic E-state index is 0.00676. The van der Waals surface area contributed by atoms with E-state index in [0.29, 0.717) is 35.5 Å². The molecule has 6 unspecified atom stereocenters. The Kier molecular flexibility index (Phi) is 8.50. The van der Waals surface area contributed by atoms with Crippen molar-refractivity contribution in [3.8, 4) is 0 Å². The zero-order valence-corrected chi connectivity index (χ0v) is 21.7. The topological polar surface area (TPSA) is 35.5 Å². The fourth-order valence-corrected chi connectivity index (χ4v) is 8.09. The lowest BCUT2D eigenvalue weighted by Gasteiger charge is -2.42. The molecule has 3 rings (SSSR count). The second-order valence-electron chi connectivity index (χ2n) is 11.2. The largest absolute Gasteiger partial charge is 0.362 e. The molecule has 0 bridgehead atoms. The molecule has 0 aliphatic heterocycles. The van der Waals surface area contributed by atoms with Crippen molar-refractivity contribution in [2.24, 2.45) is 35.5 Å². The Bertz CT molecular complexity index is 721. The molecule has 6 atom stereocenters. The maximum Gasteiger partial charge on any atom is 0.362 e. The molecular weight excluding hydrogens is 403 g/mol. The number of hydrogen-bond acceptors (Lipinski definition) is 3. The third-order valence-electron chi connectivity index (χ3n) is 7.88. The van der Waals surface area contributed by atoms with E-state index in [9.17, 15) is 4.57 Å². The van der Waals surface area contributed by atoms with E-state index in [0.717, 1.165) is 36.6 Å². The van der Waals surface area contributed by atoms with Crippen LogP contribution in [0, 0.1) is 42.4 Å². The van der Waals surface area contributed by atoms with E-state index in [1.165, 1.54) is 12.8 Å². The average molecular weight is 449 g/mol. The minimum atomic E-state index is -3.45. The molecule has 2 aliphatic rings. The smallest absolute Gasteiger partial charge is 0.302 e. The van der Waals surface area contributed by atoms with Crippen LogP contribution in [0.2, 0.25) is 0 Å². The summed E-state index contributed by atoms with van der Waals surface area (Å²) in [6, 6.07) is 7.96. The second-order valence-corrected chi connectivity index (χ2v) is 13.1. The molecule has 3 nitrogen and oxygen atoms in total. The summed E-state index contributed by atoms with van der Waals surface area (Å²) in [6.45, 7) is 15.7. The summed E-state index contributed by atoms with van der Waals surface area (Å²) in [5, 5.41) is 0.761. The Labute approximate surface area is 191 Å². The van der Waals surface area contributed by atoms with Gasteiger partial charge in [-0.15, -0.1) is 0 Å². The van der Waals surface area contributed by atoms with Crippen molar-refractivity contribution in [3.05, 3.63) is 29.8 Å². The third-order valence-corrected chi connectivity index (χ3v) is 10.1. The van der Waals surface area contributed by atoms with Crippen molar-refractivity contribution in [3.63, 3.8) is 0 Å². The lowest BCUT2D eigenvalue weighted by Crippen LogP contribution is -2.38. The van der Waals surface area contributed by atoms with Crippen LogP contribution in [0.1, 0.15) is 85.6 Å². The van der Waals surface area contributed by atoms with Crippen LogP contribution in [0.15, 0.2) is 24.3 Å². The summed E-state index contributed by atoms with van der Waals surface area (Å²) >= 11 is 0. The van der Waals surface area contributed by atoms with Gasteiger partial charge in [0.15, 0.2) is 0 Å². The summed E-state index contributed by atoms with van der Waals surface area (Å²) in [4.78, 5) is 0. The summed E-state index contributed by atoms with van der Waals surface area (Å²) < 4.78 is 28.1. The van der Waals surface area contributed by atoms with Crippen molar-refractivity contribution in [1.29, 1.82) is 0 Å². The maximum absolute atomic E-state index is 14.7. The van der Waals surface area contributed by atoms with E-state index in [1.807, 2.05) is 31.2 Å². The maximum atomic E-state index is 14.7. The molecule has 2 fully saturated rings. The summed E-state index contributed by atoms with van der Waals surface area (Å²) in [5.74, 6) is 3.10. The van der Waals surface area contributed by atoms with Gasteiger partial charge in [-0.1, -0.05) is 72.6 Å². The monoisotopic (exact) mass is 448 g/mol. The summed E-state index contributed by atoms with van der Waals surface area (Å²) in [5.41, 5.74) is 1.00. The first-order valence-electron chi connectivity index (χ1n) is 12.6. The number of rotatable bonds is 7. The van der Waals surface area contributed by atoms with Crippen molar-refractivity contribution >= 4 is 12.9 Å². The highest BCUT2D eigenvalue weighted by atomic mass is 31.2. The van der Waals surface area contributed by atoms with Gasteiger partial charge in [0.1, 0.15) is 0 Å². The van der Waals surface area contributed by atoms with E-state index in [4.69, 9.17) is 9.05 Å². The first-order chi connectivity index (χ1) is 14.6. The molecule has 0 radical (unpaired) electrons. The molecule has 2 aliphatic carbocycles. The minimum Gasteiger partial charge on any atom is -0.302 e. The lowest BCUT2D eigenvalue weighted by atomic mass is 9.75. The van der Waals surface area contributed by atoms with Crippen molar-refractivity contribution in [2.75, 3.05) is 0 Å². The SMILES string of the molecule is Cc1ccccc1P(=O)(OC1CC(C)CCC1C(C)C)OC1CC(C)CCC1C(C)C. The molecule has 4 heteroatoms. The van der Waals surface area contributed by atoms with E-state index >= 15 is 0 Å². The van der Waals surface area contributed by atoms with Gasteiger partial charge in [0.25, 0.3) is 0 Å². The Morgan fingerprint density at radius 2 is 1.26 bits per heavy atom. The first kappa shape index (κ1) is 25.0. The predicted molar refractivity (Wildman–Crippen MR) is 131 cm³/mol. The third kappa shape index (κ3) is 6.04. The van der Waals surface area contributed by atoms with Crippen LogP contribution in [0.5, 0.6) is 0 Å². The van der Waals surface area contributed by atoms with Gasteiger partial charge < -0.3 is 9.05 Å². The van der Waals surface area contributed by atoms with Crippen LogP contribution in [-0.2, 0) is 13.6 Å². The molecule has 176 valence electrons. The van der Waals surface area contributed by atoms with E-state index in [1.54, 1.807) is 0 Å². The predicted octanol–water partition coefficient (Wildman–Crippen LogP) is 7.77. The van der Waals surface area contributed by atoms with Crippen LogP contribution in [-0.4, -0.2) is 12.2 Å². The molecule has 2 saturated carbocycles. The summed E-state index contributed by atoms with van der Waals surface area (Å²) in [7, 11) is -3.45. The van der Waals surface area contributed by atoms with E-state index in [-0.39, 0.29) is 12.2 Å². The van der Waals surface area contributed by atoms with Crippen molar-refractivity contribution < 1.29 is 13.6 Å². The Morgan fingerprint density at radius 3 is 1.68 bits per heavy atom. The number of hydrogen-bond donors (Lipinski definition) is 0. The zero-order valence-electron chi connectivity index (χ0n) is 20.8. The summed E-state index contributed by atoms with van der Waals surface area (Å²) in [6.07, 6.45) is 6.67. The van der Waals surface area contributed by atoms with E-state index in [2.05, 4.69) is 41.5 Å². The number of benzene rings is 1. The van der Waals surface area contributed by atoms with Gasteiger partial charge >= 0.3 is 7.60 Å². The Morgan fingerprint density at radius 1 is 0.806 bits per heavy atom. The highest BCUT2D eigenvalue weighted by Gasteiger charge is 2.43. The van der Waals surface area contributed by atoms with Crippen molar-refractivity contribution in [2.45, 2.75) is 99.2 Å². The normalized spacial score (nSPS) is 34.1. The van der Waals surface area contributed by atoms with Crippen LogP contribution >= 0.6 is 7.60 Å². The Hall–Kier alpha value is -0.630. The van der Waals surface area contributed by atoms with Crippen LogP contribution in [0.3, 0.4) is 0 Å². The number of aryl methyl sites for hydroxylation is 1. The molecule has 0 spiro atoms. The molecule has 0 amide bonds. The van der Waals surface area contributed by atoms with Gasteiger partial charge in [0.05, 0.1) is 17.5 Å². The van der Waals surface area contributed by atoms with Crippen LogP contribution < -0.4 is 5.30 Å². The molecule has 1 aromatic carbocycles. The van der Waals surface area contributed by atoms with Gasteiger partial charge in [-0.2, -0.15) is 0 Å². The van der Waals surface area contributed by atoms with Gasteiger partial charge in [0, 0.05) is 0 Å². The van der Waals surface area contributed by atoms with Gasteiger partial charge in [0.2, 0.25) is 0 Å². The molecule has 0 saturated heterocycles. The second kappa shape index (κ2) is 10.5. The molecule has 1 aromatic rings. The zero-order chi connectivity index (χ0) is 22.8. The Balaban J connectivity index is 1.95. The fourth-order valence-electron chi connectivity index (χ4n) is 5.84. The highest BCUT2D eigenvalue weighted by molar-refractivity contribution is 7.62. The standard InChI is InChI=1S/C27H45O3P/c1-18(2)23-14-12-20(5)16-25(23)29-31(28,27-11-9-8-10-22(27)7)30-26-17-21(6)13-15-24(26)19(3)4/h8-11,18-21,23-26H,12-17H2,1-7H3. The van der Waals surface area contributed by atoms with Gasteiger partial charge in [-0.3, -0.25) is 4.57 Å². The first-order valence-corrected chi connectivity index (χ1v) is 14.2. The fraction of sp³-hybridized carbons (Fsp3) is 0.778. The van der Waals surface area contributed by atoms with Gasteiger partial charge in [-0.25, -0.2) is 0 Å². The molecule has 0 N–H and O–H groups in total. The molecule has 31 heavy (non-hydrogen) atoms. The average Bonchev–Trinajstić information content (AvgIpc) is 2.67. The highest BCUT2D eigenvalue weighted by Crippen LogP contribution is 2.56. The molecular formula is C27H45O3P. The van der Waals surface area contributed by atoms with Gasteiger partial charge in [-0.05, 0) is 79.7 Å². The van der Waals surface area contributed by atoms with E-state index < -0.39 is 7.60 Å². The quantitative estimate of drug-likeness (QED) is 0.400. The lowest BCUT2D eigenvalue weighted by molar-refractivity contribution is -0.0000499. The van der Waals surface area contributed by atoms with Crippen molar-refractivity contribution in [1.82, 2.24) is 0 Å². The van der Waals surface area contributed by atoms with Crippen LogP contribution in [0.4, 0.5) is 0 Å². The van der Waals surface area contributed by atoms with Crippen LogP contribution in [0.25, 0.3) is 0 Å².